The summed E-state index contributed by atoms with van der Waals surface area (Å²) in [6.07, 6.45) is 1.60. The van der Waals surface area contributed by atoms with Gasteiger partial charge in [0.05, 0.1) is 11.8 Å². The van der Waals surface area contributed by atoms with Gasteiger partial charge in [-0.25, -0.2) is 4.79 Å². The molecule has 0 unspecified atom stereocenters. The van der Waals surface area contributed by atoms with E-state index in [0.717, 1.165) is 10.4 Å². The summed E-state index contributed by atoms with van der Waals surface area (Å²) >= 11 is 1.49. The van der Waals surface area contributed by atoms with Crippen molar-refractivity contribution < 1.29 is 9.32 Å². The fourth-order valence-electron chi connectivity index (χ4n) is 1.38. The first kappa shape index (κ1) is 11.7. The summed E-state index contributed by atoms with van der Waals surface area (Å²) in [5, 5.41) is 4.53. The van der Waals surface area contributed by atoms with Gasteiger partial charge in [0, 0.05) is 11.8 Å². The summed E-state index contributed by atoms with van der Waals surface area (Å²) in [4.78, 5) is 23.2. The number of aryl methyl sites for hydroxylation is 1. The maximum atomic E-state index is 11.6. The number of nitrogens with one attached hydrogen (secondary N) is 1. The molecule has 90 valence electrons. The topological polar surface area (TPSA) is 64.2 Å². The number of carbonyl (C=O) groups is 1. The fourth-order valence-corrected chi connectivity index (χ4v) is 2.28. The highest BCUT2D eigenvalue weighted by molar-refractivity contribution is 7.13. The van der Waals surface area contributed by atoms with Crippen molar-refractivity contribution in [1.82, 2.24) is 10.1 Å². The van der Waals surface area contributed by atoms with Gasteiger partial charge < -0.3 is 9.84 Å². The molecule has 0 aliphatic heterocycles. The number of aromatic nitrogens is 1. The highest BCUT2D eigenvalue weighted by Crippen LogP contribution is 2.24. The van der Waals surface area contributed by atoms with Gasteiger partial charge in [-0.1, -0.05) is 0 Å². The number of thiophene rings is 1. The molecule has 0 atom stereocenters. The summed E-state index contributed by atoms with van der Waals surface area (Å²) in [7, 11) is 0. The van der Waals surface area contributed by atoms with Gasteiger partial charge in [0.15, 0.2) is 0 Å². The molecule has 1 N–H and O–H groups in total. The second-order valence-electron chi connectivity index (χ2n) is 3.72. The van der Waals surface area contributed by atoms with E-state index >= 15 is 0 Å². The third kappa shape index (κ3) is 2.65. The van der Waals surface area contributed by atoms with Crippen molar-refractivity contribution in [2.75, 3.05) is 0 Å². The van der Waals surface area contributed by atoms with Gasteiger partial charge in [0.1, 0.15) is 6.67 Å². The van der Waals surface area contributed by atoms with E-state index in [2.05, 4.69) is 5.32 Å². The smallest absolute Gasteiger partial charge is 0.336 e. The minimum absolute atomic E-state index is 0.162. The quantitative estimate of drug-likeness (QED) is 0.901. The Morgan fingerprint density at radius 1 is 1.59 bits per heavy atom. The van der Waals surface area contributed by atoms with Crippen molar-refractivity contribution in [3.63, 3.8) is 0 Å². The molecule has 2 heterocycles. The number of carbonyl (C=O) groups excluding carboxylic acids is 1. The largest absolute Gasteiger partial charge is 0.366 e. The van der Waals surface area contributed by atoms with E-state index in [9.17, 15) is 9.59 Å². The average Bonchev–Trinajstić information content (AvgIpc) is 2.82. The van der Waals surface area contributed by atoms with E-state index in [1.54, 1.807) is 6.20 Å². The molecule has 0 aromatic carbocycles. The Hall–Kier alpha value is -1.82. The van der Waals surface area contributed by atoms with Gasteiger partial charge in [0.25, 0.3) is 0 Å². The van der Waals surface area contributed by atoms with Crippen molar-refractivity contribution in [2.45, 2.75) is 20.5 Å². The second-order valence-corrected chi connectivity index (χ2v) is 4.63. The summed E-state index contributed by atoms with van der Waals surface area (Å²) in [6.45, 7) is 3.54. The van der Waals surface area contributed by atoms with E-state index in [4.69, 9.17) is 4.52 Å². The molecule has 0 aliphatic carbocycles. The molecule has 0 spiro atoms. The monoisotopic (exact) mass is 252 g/mol. The van der Waals surface area contributed by atoms with Crippen LogP contribution in [0, 0.1) is 6.92 Å². The van der Waals surface area contributed by atoms with Crippen LogP contribution in [0.5, 0.6) is 0 Å². The number of nitrogens with zero attached hydrogens (tertiary/aromatic N) is 1. The van der Waals surface area contributed by atoms with Gasteiger partial charge in [-0.2, -0.15) is 4.74 Å². The van der Waals surface area contributed by atoms with Crippen molar-refractivity contribution in [1.29, 1.82) is 0 Å². The molecule has 0 saturated heterocycles. The highest BCUT2D eigenvalue weighted by atomic mass is 32.1. The first-order valence-electron chi connectivity index (χ1n) is 5.07. The Kier molecular flexibility index (Phi) is 3.14. The SMILES string of the molecule is CC(=O)NCn1cc(-c2cc(C)cs2)c(=O)o1. The number of hydrogen-bond donors (Lipinski definition) is 1. The number of hydrogen-bond acceptors (Lipinski definition) is 4. The van der Waals surface area contributed by atoms with Gasteiger partial charge in [0.2, 0.25) is 5.91 Å². The minimum Gasteiger partial charge on any atom is -0.336 e. The summed E-state index contributed by atoms with van der Waals surface area (Å²) in [6, 6.07) is 1.93. The maximum absolute atomic E-state index is 11.6. The molecule has 6 heteroatoms. The molecular weight excluding hydrogens is 240 g/mol. The third-order valence-corrected chi connectivity index (χ3v) is 3.25. The second kappa shape index (κ2) is 4.58. The highest BCUT2D eigenvalue weighted by Gasteiger charge is 2.10. The zero-order valence-electron chi connectivity index (χ0n) is 9.52. The molecule has 2 aromatic heterocycles. The van der Waals surface area contributed by atoms with E-state index in [0.29, 0.717) is 5.56 Å². The first-order valence-corrected chi connectivity index (χ1v) is 5.95. The Balaban J connectivity index is 2.25. The molecule has 0 radical (unpaired) electrons. The van der Waals surface area contributed by atoms with Crippen molar-refractivity contribution in [3.05, 3.63) is 33.6 Å². The van der Waals surface area contributed by atoms with Crippen molar-refractivity contribution >= 4 is 17.2 Å². The van der Waals surface area contributed by atoms with Crippen molar-refractivity contribution in [2.24, 2.45) is 0 Å². The van der Waals surface area contributed by atoms with Crippen LogP contribution in [0.25, 0.3) is 10.4 Å². The van der Waals surface area contributed by atoms with Gasteiger partial charge in [-0.05, 0) is 23.9 Å². The lowest BCUT2D eigenvalue weighted by Crippen LogP contribution is -2.22. The zero-order chi connectivity index (χ0) is 12.4. The van der Waals surface area contributed by atoms with E-state index < -0.39 is 5.63 Å². The molecule has 17 heavy (non-hydrogen) atoms. The molecule has 0 saturated carbocycles. The number of amides is 1. The summed E-state index contributed by atoms with van der Waals surface area (Å²) in [5.41, 5.74) is 1.24. The molecule has 2 aromatic rings. The Morgan fingerprint density at radius 2 is 2.35 bits per heavy atom. The predicted molar refractivity (Wildman–Crippen MR) is 64.8 cm³/mol. The fraction of sp³-hybridized carbons (Fsp3) is 0.273. The molecule has 0 fully saturated rings. The van der Waals surface area contributed by atoms with Crippen LogP contribution in [0.4, 0.5) is 0 Å². The lowest BCUT2D eigenvalue weighted by Gasteiger charge is -1.99. The van der Waals surface area contributed by atoms with Gasteiger partial charge in [-0.15, -0.1) is 11.3 Å². The molecular formula is C11H12N2O3S. The van der Waals surface area contributed by atoms with Crippen LogP contribution in [0.1, 0.15) is 12.5 Å². The summed E-state index contributed by atoms with van der Waals surface area (Å²) in [5.74, 6) is -0.171. The van der Waals surface area contributed by atoms with Crippen LogP contribution in [-0.4, -0.2) is 10.6 Å². The average molecular weight is 252 g/mol. The molecule has 0 aliphatic rings. The molecule has 0 bridgehead atoms. The Bertz CT molecular complexity index is 594. The molecule has 1 amide bonds. The lowest BCUT2D eigenvalue weighted by molar-refractivity contribution is -0.119. The minimum atomic E-state index is -0.391. The van der Waals surface area contributed by atoms with E-state index in [-0.39, 0.29) is 12.6 Å². The predicted octanol–water partition coefficient (Wildman–Crippen LogP) is 1.57. The maximum Gasteiger partial charge on any atom is 0.366 e. The van der Waals surface area contributed by atoms with Gasteiger partial charge in [-0.3, -0.25) is 4.79 Å². The Morgan fingerprint density at radius 3 is 2.94 bits per heavy atom. The Labute approximate surface area is 102 Å². The van der Waals surface area contributed by atoms with Crippen LogP contribution in [-0.2, 0) is 11.5 Å². The third-order valence-electron chi connectivity index (χ3n) is 2.17. The normalized spacial score (nSPS) is 10.5. The zero-order valence-corrected chi connectivity index (χ0v) is 10.3. The van der Waals surface area contributed by atoms with E-state index in [1.807, 2.05) is 18.4 Å². The lowest BCUT2D eigenvalue weighted by atomic mass is 10.2. The van der Waals surface area contributed by atoms with Crippen LogP contribution < -0.4 is 10.9 Å². The standard InChI is InChI=1S/C11H12N2O3S/c1-7-3-10(17-5-7)9-4-13(16-11(9)15)6-12-8(2)14/h3-5H,6H2,1-2H3,(H,12,14). The van der Waals surface area contributed by atoms with Crippen LogP contribution in [0.2, 0.25) is 0 Å². The van der Waals surface area contributed by atoms with Crippen LogP contribution in [0.15, 0.2) is 27.0 Å². The number of rotatable bonds is 3. The van der Waals surface area contributed by atoms with Crippen molar-refractivity contribution in [3.8, 4) is 10.4 Å². The molecule has 2 rings (SSSR count). The van der Waals surface area contributed by atoms with Crippen LogP contribution >= 0.6 is 11.3 Å². The van der Waals surface area contributed by atoms with E-state index in [1.165, 1.54) is 23.0 Å². The molecule has 5 nitrogen and oxygen atoms in total. The first-order chi connectivity index (χ1) is 8.06. The summed E-state index contributed by atoms with van der Waals surface area (Å²) < 4.78 is 6.30. The van der Waals surface area contributed by atoms with Gasteiger partial charge >= 0.3 is 5.63 Å². The van der Waals surface area contributed by atoms with Crippen LogP contribution in [0.3, 0.4) is 0 Å².